The van der Waals surface area contributed by atoms with Gasteiger partial charge in [0.05, 0.1) is 0 Å². The Balaban J connectivity index is 1.45. The molecule has 0 atom stereocenters. The van der Waals surface area contributed by atoms with Crippen LogP contribution in [-0.4, -0.2) is 45.7 Å². The van der Waals surface area contributed by atoms with Crippen molar-refractivity contribution in [2.45, 2.75) is 38.4 Å². The monoisotopic (exact) mass is 325 g/mol. The Bertz CT molecular complexity index is 672. The Morgan fingerprint density at radius 3 is 2.83 bits per heavy atom. The lowest BCUT2D eigenvalue weighted by molar-refractivity contribution is 0.0289. The van der Waals surface area contributed by atoms with E-state index >= 15 is 0 Å². The van der Waals surface area contributed by atoms with E-state index in [4.69, 9.17) is 4.74 Å². The van der Waals surface area contributed by atoms with E-state index in [1.54, 1.807) is 12.4 Å². The fourth-order valence-corrected chi connectivity index (χ4v) is 3.67. The molecule has 2 aromatic heterocycles. The number of nitrogens with one attached hydrogen (secondary N) is 1. The predicted octanol–water partition coefficient (Wildman–Crippen LogP) is 2.02. The summed E-state index contributed by atoms with van der Waals surface area (Å²) in [6, 6.07) is 2.48. The lowest BCUT2D eigenvalue weighted by atomic mass is 9.94. The molecule has 2 aliphatic heterocycles. The van der Waals surface area contributed by atoms with Gasteiger partial charge in [-0.15, -0.1) is 0 Å². The second-order valence-corrected chi connectivity index (χ2v) is 6.43. The molecule has 0 saturated carbocycles. The van der Waals surface area contributed by atoms with Gasteiger partial charge in [0.2, 0.25) is 5.95 Å². The highest BCUT2D eigenvalue weighted by molar-refractivity contribution is 5.36. The third-order valence-electron chi connectivity index (χ3n) is 4.97. The number of rotatable bonds is 4. The second-order valence-electron chi connectivity index (χ2n) is 6.43. The minimum absolute atomic E-state index is 0.659. The van der Waals surface area contributed by atoms with Gasteiger partial charge >= 0.3 is 0 Å². The first kappa shape index (κ1) is 15.5. The standard InChI is InChI=1S/C18H23N5O/c1-5-20-18(21-6-1)22-12-14-10-19-11-15-13-23(7-2-17(14)15)16-3-8-24-9-4-16/h1,5-6,10-11,16H,2-4,7-9,12-13H2,(H,20,21,22). The molecule has 0 aromatic carbocycles. The zero-order valence-corrected chi connectivity index (χ0v) is 13.8. The summed E-state index contributed by atoms with van der Waals surface area (Å²) in [4.78, 5) is 15.5. The Labute approximate surface area is 142 Å². The fraction of sp³-hybridized carbons (Fsp3) is 0.500. The van der Waals surface area contributed by atoms with Crippen molar-refractivity contribution in [3.63, 3.8) is 0 Å². The third-order valence-corrected chi connectivity index (χ3v) is 4.97. The molecule has 4 rings (SSSR count). The molecule has 0 radical (unpaired) electrons. The molecule has 126 valence electrons. The molecular formula is C18H23N5O. The first-order chi connectivity index (χ1) is 11.9. The van der Waals surface area contributed by atoms with E-state index < -0.39 is 0 Å². The molecule has 2 aromatic rings. The Hall–Kier alpha value is -2.05. The van der Waals surface area contributed by atoms with Crippen molar-refractivity contribution >= 4 is 5.95 Å². The summed E-state index contributed by atoms with van der Waals surface area (Å²) in [6.45, 7) is 4.64. The van der Waals surface area contributed by atoms with Crippen LogP contribution in [0, 0.1) is 0 Å². The molecule has 1 fully saturated rings. The van der Waals surface area contributed by atoms with E-state index in [1.807, 2.05) is 18.5 Å². The van der Waals surface area contributed by atoms with Crippen LogP contribution in [0.5, 0.6) is 0 Å². The lowest BCUT2D eigenvalue weighted by Crippen LogP contribution is -2.42. The molecular weight excluding hydrogens is 302 g/mol. The number of nitrogens with zero attached hydrogens (tertiary/aromatic N) is 4. The van der Waals surface area contributed by atoms with E-state index in [9.17, 15) is 0 Å². The molecule has 1 N–H and O–H groups in total. The highest BCUT2D eigenvalue weighted by atomic mass is 16.5. The van der Waals surface area contributed by atoms with Crippen LogP contribution in [0.1, 0.15) is 29.5 Å². The average Bonchev–Trinajstić information content (AvgIpc) is 2.67. The van der Waals surface area contributed by atoms with Gasteiger partial charge < -0.3 is 10.1 Å². The van der Waals surface area contributed by atoms with Crippen LogP contribution < -0.4 is 5.32 Å². The van der Waals surface area contributed by atoms with Gasteiger partial charge in [0.1, 0.15) is 0 Å². The van der Waals surface area contributed by atoms with E-state index in [-0.39, 0.29) is 0 Å². The number of ether oxygens (including phenoxy) is 1. The molecule has 0 spiro atoms. The zero-order chi connectivity index (χ0) is 16.2. The molecule has 0 bridgehead atoms. The first-order valence-corrected chi connectivity index (χ1v) is 8.67. The average molecular weight is 325 g/mol. The van der Waals surface area contributed by atoms with Gasteiger partial charge in [0.25, 0.3) is 0 Å². The van der Waals surface area contributed by atoms with E-state index in [0.717, 1.165) is 52.1 Å². The Kier molecular flexibility index (Phi) is 4.66. The van der Waals surface area contributed by atoms with E-state index in [2.05, 4.69) is 25.2 Å². The summed E-state index contributed by atoms with van der Waals surface area (Å²) in [5.74, 6) is 0.662. The SMILES string of the molecule is c1cnc(NCc2cncc3c2CCN(C2CCOCC2)C3)nc1. The molecule has 24 heavy (non-hydrogen) atoms. The van der Waals surface area contributed by atoms with E-state index in [1.165, 1.54) is 16.7 Å². The van der Waals surface area contributed by atoms with Crippen LogP contribution in [0.3, 0.4) is 0 Å². The molecule has 0 unspecified atom stereocenters. The maximum absolute atomic E-state index is 5.49. The van der Waals surface area contributed by atoms with Gasteiger partial charge in [-0.05, 0) is 42.0 Å². The molecule has 0 aliphatic carbocycles. The van der Waals surface area contributed by atoms with E-state index in [0.29, 0.717) is 12.0 Å². The molecule has 6 nitrogen and oxygen atoms in total. The van der Waals surface area contributed by atoms with Gasteiger partial charge in [-0.3, -0.25) is 9.88 Å². The third kappa shape index (κ3) is 3.39. The summed E-state index contributed by atoms with van der Waals surface area (Å²) in [7, 11) is 0. The fourth-order valence-electron chi connectivity index (χ4n) is 3.67. The molecule has 6 heteroatoms. The van der Waals surface area contributed by atoms with Gasteiger partial charge in [0, 0.05) is 63.7 Å². The van der Waals surface area contributed by atoms with Crippen molar-refractivity contribution < 1.29 is 4.74 Å². The Morgan fingerprint density at radius 2 is 2.00 bits per heavy atom. The number of aromatic nitrogens is 3. The smallest absolute Gasteiger partial charge is 0.222 e. The molecule has 2 aliphatic rings. The van der Waals surface area contributed by atoms with Crippen molar-refractivity contribution in [3.05, 3.63) is 47.5 Å². The normalized spacial score (nSPS) is 19.0. The summed E-state index contributed by atoms with van der Waals surface area (Å²) < 4.78 is 5.49. The summed E-state index contributed by atoms with van der Waals surface area (Å²) in [6.07, 6.45) is 10.9. The van der Waals surface area contributed by atoms with Crippen molar-refractivity contribution in [3.8, 4) is 0 Å². The van der Waals surface area contributed by atoms with Crippen LogP contribution >= 0.6 is 0 Å². The maximum Gasteiger partial charge on any atom is 0.222 e. The largest absolute Gasteiger partial charge is 0.381 e. The van der Waals surface area contributed by atoms with Crippen LogP contribution in [0.25, 0.3) is 0 Å². The van der Waals surface area contributed by atoms with Crippen molar-refractivity contribution in [1.82, 2.24) is 19.9 Å². The topological polar surface area (TPSA) is 63.2 Å². The number of fused-ring (bicyclic) bond motifs is 1. The predicted molar refractivity (Wildman–Crippen MR) is 91.6 cm³/mol. The van der Waals surface area contributed by atoms with Crippen LogP contribution in [0.2, 0.25) is 0 Å². The Morgan fingerprint density at radius 1 is 1.17 bits per heavy atom. The van der Waals surface area contributed by atoms with Gasteiger partial charge in [-0.2, -0.15) is 0 Å². The first-order valence-electron chi connectivity index (χ1n) is 8.67. The van der Waals surface area contributed by atoms with Gasteiger partial charge in [0.15, 0.2) is 0 Å². The number of hydrogen-bond donors (Lipinski definition) is 1. The number of pyridine rings is 1. The maximum atomic E-state index is 5.49. The summed E-state index contributed by atoms with van der Waals surface area (Å²) in [5, 5.41) is 3.29. The summed E-state index contributed by atoms with van der Waals surface area (Å²) in [5.41, 5.74) is 4.06. The van der Waals surface area contributed by atoms with Crippen LogP contribution in [0.15, 0.2) is 30.9 Å². The molecule has 0 amide bonds. The highest BCUT2D eigenvalue weighted by Gasteiger charge is 2.26. The van der Waals surface area contributed by atoms with Gasteiger partial charge in [-0.25, -0.2) is 9.97 Å². The van der Waals surface area contributed by atoms with Crippen molar-refractivity contribution in [2.24, 2.45) is 0 Å². The summed E-state index contributed by atoms with van der Waals surface area (Å²) >= 11 is 0. The van der Waals surface area contributed by atoms with Crippen molar-refractivity contribution in [2.75, 3.05) is 25.1 Å². The second kappa shape index (κ2) is 7.23. The highest BCUT2D eigenvalue weighted by Crippen LogP contribution is 2.26. The lowest BCUT2D eigenvalue weighted by Gasteiger charge is -2.37. The molecule has 4 heterocycles. The number of hydrogen-bond acceptors (Lipinski definition) is 6. The van der Waals surface area contributed by atoms with Crippen LogP contribution in [0.4, 0.5) is 5.95 Å². The number of anilines is 1. The van der Waals surface area contributed by atoms with Crippen LogP contribution in [-0.2, 0) is 24.2 Å². The van der Waals surface area contributed by atoms with Crippen molar-refractivity contribution in [1.29, 1.82) is 0 Å². The van der Waals surface area contributed by atoms with Gasteiger partial charge in [-0.1, -0.05) is 0 Å². The minimum Gasteiger partial charge on any atom is -0.381 e. The zero-order valence-electron chi connectivity index (χ0n) is 13.8. The quantitative estimate of drug-likeness (QED) is 0.928. The minimum atomic E-state index is 0.659. The molecule has 1 saturated heterocycles.